The molecule has 1 N–H and O–H groups in total. The summed E-state index contributed by atoms with van der Waals surface area (Å²) in [7, 11) is 0. The van der Waals surface area contributed by atoms with Crippen molar-refractivity contribution in [2.24, 2.45) is 5.92 Å². The van der Waals surface area contributed by atoms with Crippen LogP contribution in [0, 0.1) is 26.7 Å². The first-order chi connectivity index (χ1) is 14.4. The Labute approximate surface area is 185 Å². The van der Waals surface area contributed by atoms with Gasteiger partial charge in [0, 0.05) is 18.8 Å². The van der Waals surface area contributed by atoms with Gasteiger partial charge in [0.25, 0.3) is 0 Å². The Hall–Kier alpha value is -2.19. The molecule has 1 atom stereocenters. The number of carbonyl (C=O) groups excluding carboxylic acids is 1. The lowest BCUT2D eigenvalue weighted by Gasteiger charge is -2.30. The van der Waals surface area contributed by atoms with Crippen molar-refractivity contribution in [1.29, 1.82) is 0 Å². The molecule has 1 aromatic carbocycles. The van der Waals surface area contributed by atoms with Crippen LogP contribution < -0.4 is 10.2 Å². The summed E-state index contributed by atoms with van der Waals surface area (Å²) < 4.78 is 0.964. The Morgan fingerprint density at radius 3 is 2.77 bits per heavy atom. The van der Waals surface area contributed by atoms with Crippen molar-refractivity contribution < 1.29 is 4.79 Å². The highest BCUT2D eigenvalue weighted by molar-refractivity contribution is 8.00. The lowest BCUT2D eigenvalue weighted by atomic mass is 10.0. The summed E-state index contributed by atoms with van der Waals surface area (Å²) in [5, 5.41) is 4.89. The van der Waals surface area contributed by atoms with Crippen molar-refractivity contribution in [3.63, 3.8) is 0 Å². The molecule has 0 bridgehead atoms. The Kier molecular flexibility index (Phi) is 6.24. The van der Waals surface area contributed by atoms with E-state index in [1.807, 2.05) is 13.8 Å². The van der Waals surface area contributed by atoms with E-state index in [9.17, 15) is 4.79 Å². The average Bonchev–Trinajstić information content (AvgIpc) is 3.14. The van der Waals surface area contributed by atoms with Gasteiger partial charge in [-0.2, -0.15) is 4.98 Å². The number of fused-ring (bicyclic) bond motifs is 1. The molecule has 0 saturated carbocycles. The number of benzene rings is 1. The van der Waals surface area contributed by atoms with Crippen LogP contribution in [0.3, 0.4) is 0 Å². The van der Waals surface area contributed by atoms with Crippen LogP contribution in [0.25, 0.3) is 10.3 Å². The van der Waals surface area contributed by atoms with Gasteiger partial charge in [0.2, 0.25) is 5.91 Å². The Balaban J connectivity index is 1.47. The zero-order valence-corrected chi connectivity index (χ0v) is 19.5. The molecule has 3 heterocycles. The van der Waals surface area contributed by atoms with Gasteiger partial charge < -0.3 is 10.2 Å². The van der Waals surface area contributed by atoms with E-state index in [4.69, 9.17) is 4.98 Å². The number of nitrogens with one attached hydrogen (secondary N) is 1. The minimum absolute atomic E-state index is 0.0311. The van der Waals surface area contributed by atoms with E-state index in [-0.39, 0.29) is 5.91 Å². The number of thiazole rings is 1. The van der Waals surface area contributed by atoms with E-state index < -0.39 is 0 Å². The van der Waals surface area contributed by atoms with E-state index >= 15 is 0 Å². The lowest BCUT2D eigenvalue weighted by molar-refractivity contribution is -0.113. The van der Waals surface area contributed by atoms with E-state index in [0.717, 1.165) is 50.4 Å². The van der Waals surface area contributed by atoms with Gasteiger partial charge in [0.1, 0.15) is 16.1 Å². The number of anilines is 2. The molecule has 0 aliphatic carbocycles. The summed E-state index contributed by atoms with van der Waals surface area (Å²) >= 11 is 3.07. The molecule has 3 aromatic rings. The number of rotatable bonds is 5. The van der Waals surface area contributed by atoms with Crippen molar-refractivity contribution in [2.75, 3.05) is 29.1 Å². The first-order valence-electron chi connectivity index (χ1n) is 10.3. The summed E-state index contributed by atoms with van der Waals surface area (Å²) in [4.78, 5) is 28.5. The second-order valence-electron chi connectivity index (χ2n) is 8.13. The number of piperidine rings is 1. The van der Waals surface area contributed by atoms with E-state index in [2.05, 4.69) is 46.2 Å². The third-order valence-corrected chi connectivity index (χ3v) is 7.59. The number of nitrogens with zero attached hydrogens (tertiary/aromatic N) is 4. The van der Waals surface area contributed by atoms with Gasteiger partial charge in [-0.05, 0) is 50.7 Å². The normalized spacial score (nSPS) is 16.8. The van der Waals surface area contributed by atoms with Gasteiger partial charge in [-0.1, -0.05) is 47.7 Å². The Morgan fingerprint density at radius 2 is 2.03 bits per heavy atom. The predicted octanol–water partition coefficient (Wildman–Crippen LogP) is 4.98. The molecule has 2 aromatic heterocycles. The van der Waals surface area contributed by atoms with Crippen LogP contribution >= 0.6 is 23.1 Å². The monoisotopic (exact) mass is 441 g/mol. The molecule has 0 radical (unpaired) electrons. The molecular weight excluding hydrogens is 414 g/mol. The van der Waals surface area contributed by atoms with Gasteiger partial charge in [0.05, 0.1) is 5.75 Å². The second kappa shape index (κ2) is 8.89. The average molecular weight is 442 g/mol. The first kappa shape index (κ1) is 21.1. The number of aryl methyl sites for hydroxylation is 3. The zero-order chi connectivity index (χ0) is 21.3. The molecule has 8 heteroatoms. The maximum Gasteiger partial charge on any atom is 0.234 e. The first-order valence-corrected chi connectivity index (χ1v) is 12.1. The maximum absolute atomic E-state index is 12.6. The topological polar surface area (TPSA) is 71.0 Å². The molecule has 4 rings (SSSR count). The molecule has 30 heavy (non-hydrogen) atoms. The van der Waals surface area contributed by atoms with Crippen LogP contribution in [-0.4, -0.2) is 39.7 Å². The number of carbonyl (C=O) groups is 1. The van der Waals surface area contributed by atoms with Crippen molar-refractivity contribution in [3.05, 3.63) is 35.2 Å². The van der Waals surface area contributed by atoms with Gasteiger partial charge in [-0.15, -0.1) is 0 Å². The highest BCUT2D eigenvalue weighted by Crippen LogP contribution is 2.35. The van der Waals surface area contributed by atoms with Crippen LogP contribution in [0.2, 0.25) is 0 Å². The van der Waals surface area contributed by atoms with Crippen LogP contribution in [0.5, 0.6) is 0 Å². The van der Waals surface area contributed by atoms with Gasteiger partial charge in [-0.25, -0.2) is 9.97 Å². The molecule has 158 valence electrons. The molecule has 1 aliphatic rings. The minimum atomic E-state index is -0.0311. The number of aromatic nitrogens is 3. The molecule has 6 nitrogen and oxygen atoms in total. The lowest BCUT2D eigenvalue weighted by Crippen LogP contribution is -2.34. The quantitative estimate of drug-likeness (QED) is 0.445. The van der Waals surface area contributed by atoms with Crippen LogP contribution in [0.15, 0.2) is 23.5 Å². The van der Waals surface area contributed by atoms with Crippen LogP contribution in [-0.2, 0) is 4.79 Å². The summed E-state index contributed by atoms with van der Waals surface area (Å²) in [5.74, 6) is 0.951. The predicted molar refractivity (Wildman–Crippen MR) is 126 cm³/mol. The molecule has 1 amide bonds. The zero-order valence-electron chi connectivity index (χ0n) is 17.9. The third kappa shape index (κ3) is 4.59. The van der Waals surface area contributed by atoms with Crippen LogP contribution in [0.4, 0.5) is 10.8 Å². The molecule has 1 fully saturated rings. The third-order valence-electron chi connectivity index (χ3n) is 5.36. The largest absolute Gasteiger partial charge is 0.348 e. The summed E-state index contributed by atoms with van der Waals surface area (Å²) in [5.41, 5.74) is 4.98. The highest BCUT2D eigenvalue weighted by Gasteiger charge is 2.21. The van der Waals surface area contributed by atoms with Gasteiger partial charge in [0.15, 0.2) is 10.8 Å². The van der Waals surface area contributed by atoms with E-state index in [1.165, 1.54) is 30.2 Å². The smallest absolute Gasteiger partial charge is 0.234 e. The molecular formula is C22H27N5OS2. The SMILES string of the molecule is Cc1cc(C)c(NC(=O)CSc2ncnc3nc(N4CCC[C@H](C)C4)sc23)c(C)c1. The van der Waals surface area contributed by atoms with Crippen molar-refractivity contribution in [2.45, 2.75) is 45.6 Å². The summed E-state index contributed by atoms with van der Waals surface area (Å²) in [6.45, 7) is 10.5. The molecule has 0 unspecified atom stereocenters. The van der Waals surface area contributed by atoms with Crippen molar-refractivity contribution in [1.82, 2.24) is 15.0 Å². The van der Waals surface area contributed by atoms with Crippen molar-refractivity contribution >= 4 is 50.2 Å². The minimum Gasteiger partial charge on any atom is -0.348 e. The Morgan fingerprint density at radius 1 is 1.27 bits per heavy atom. The van der Waals surface area contributed by atoms with Crippen molar-refractivity contribution in [3.8, 4) is 0 Å². The summed E-state index contributed by atoms with van der Waals surface area (Å²) in [6.07, 6.45) is 4.01. The second-order valence-corrected chi connectivity index (χ2v) is 10.1. The number of thioether (sulfide) groups is 1. The molecule has 0 spiro atoms. The van der Waals surface area contributed by atoms with Gasteiger partial charge in [-0.3, -0.25) is 4.79 Å². The summed E-state index contributed by atoms with van der Waals surface area (Å²) in [6, 6.07) is 4.17. The molecule has 1 saturated heterocycles. The fourth-order valence-electron chi connectivity index (χ4n) is 4.01. The standard InChI is InChI=1S/C22H27N5OS2/c1-13-6-5-7-27(10-13)22-26-20-19(30-22)21(24-12-23-20)29-11-17(28)25-18-15(3)8-14(2)9-16(18)4/h8-9,12-13H,5-7,10-11H2,1-4H3,(H,25,28)/t13-/m0/s1. The number of amides is 1. The molecule has 1 aliphatic heterocycles. The highest BCUT2D eigenvalue weighted by atomic mass is 32.2. The maximum atomic E-state index is 12.6. The van der Waals surface area contributed by atoms with E-state index in [0.29, 0.717) is 11.7 Å². The fraction of sp³-hybridized carbons (Fsp3) is 0.455. The van der Waals surface area contributed by atoms with E-state index in [1.54, 1.807) is 17.7 Å². The van der Waals surface area contributed by atoms with Crippen LogP contribution in [0.1, 0.15) is 36.5 Å². The van der Waals surface area contributed by atoms with Gasteiger partial charge >= 0.3 is 0 Å². The number of hydrogen-bond acceptors (Lipinski definition) is 7. The Bertz CT molecular complexity index is 1060. The number of hydrogen-bond donors (Lipinski definition) is 1. The fourth-order valence-corrected chi connectivity index (χ4v) is 5.94.